The average Bonchev–Trinajstić information content (AvgIpc) is 2.75. The quantitative estimate of drug-likeness (QED) is 0.800. The molecule has 1 aromatic carbocycles. The third-order valence-electron chi connectivity index (χ3n) is 3.29. The summed E-state index contributed by atoms with van der Waals surface area (Å²) in [4.78, 5) is 0. The van der Waals surface area contributed by atoms with Crippen LogP contribution in [0.4, 0.5) is 0 Å². The first-order valence-corrected chi connectivity index (χ1v) is 5.77. The number of aliphatic hydroxyl groups is 1. The van der Waals surface area contributed by atoms with Crippen molar-refractivity contribution in [3.63, 3.8) is 0 Å². The van der Waals surface area contributed by atoms with Gasteiger partial charge in [-0.05, 0) is 19.4 Å². The fraction of sp³-hybridized carbons (Fsp3) is 0.538. The van der Waals surface area contributed by atoms with Crippen LogP contribution in [0.15, 0.2) is 30.3 Å². The number of hydrogen-bond donors (Lipinski definition) is 1. The lowest BCUT2D eigenvalue weighted by atomic mass is 9.90. The molecule has 1 N–H and O–H groups in total. The molecule has 0 bridgehead atoms. The lowest BCUT2D eigenvalue weighted by molar-refractivity contribution is -0.214. The number of rotatable bonds is 1. The Labute approximate surface area is 100 Å². The van der Waals surface area contributed by atoms with Gasteiger partial charge in [0.25, 0.3) is 0 Å². The van der Waals surface area contributed by atoms with Crippen LogP contribution in [0.3, 0.4) is 0 Å². The summed E-state index contributed by atoms with van der Waals surface area (Å²) in [7, 11) is 0. The van der Waals surface area contributed by atoms with Gasteiger partial charge in [0.15, 0.2) is 17.7 Å². The largest absolute Gasteiger partial charge is 0.366 e. The van der Waals surface area contributed by atoms with Crippen LogP contribution in [0.2, 0.25) is 0 Å². The van der Waals surface area contributed by atoms with Crippen molar-refractivity contribution < 1.29 is 19.3 Å². The van der Waals surface area contributed by atoms with Gasteiger partial charge in [-0.1, -0.05) is 30.3 Å². The van der Waals surface area contributed by atoms with Crippen LogP contribution < -0.4 is 0 Å². The number of benzene rings is 1. The normalized spacial score (nSPS) is 39.2. The molecule has 3 rings (SSSR count). The SMILES string of the molecule is CC1(C)OC2C(O)OCC2(c2ccccc2)O1. The Balaban J connectivity index is 2.05. The van der Waals surface area contributed by atoms with E-state index in [0.717, 1.165) is 5.56 Å². The van der Waals surface area contributed by atoms with Crippen LogP contribution in [0.25, 0.3) is 0 Å². The van der Waals surface area contributed by atoms with Crippen molar-refractivity contribution in [1.29, 1.82) is 0 Å². The van der Waals surface area contributed by atoms with Gasteiger partial charge in [-0.15, -0.1) is 0 Å². The van der Waals surface area contributed by atoms with Gasteiger partial charge in [-0.3, -0.25) is 0 Å². The smallest absolute Gasteiger partial charge is 0.184 e. The Morgan fingerprint density at radius 3 is 2.65 bits per heavy atom. The van der Waals surface area contributed by atoms with Gasteiger partial charge >= 0.3 is 0 Å². The zero-order valence-corrected chi connectivity index (χ0v) is 9.92. The summed E-state index contributed by atoms with van der Waals surface area (Å²) in [6.07, 6.45) is -1.41. The summed E-state index contributed by atoms with van der Waals surface area (Å²) in [6.45, 7) is 4.01. The molecule has 1 aromatic rings. The molecule has 2 fully saturated rings. The number of fused-ring (bicyclic) bond motifs is 1. The summed E-state index contributed by atoms with van der Waals surface area (Å²) in [5.74, 6) is -0.703. The predicted octanol–water partition coefficient (Wildman–Crippen LogP) is 1.38. The Hall–Kier alpha value is -0.940. The van der Waals surface area contributed by atoms with E-state index in [0.29, 0.717) is 6.61 Å². The fourth-order valence-corrected chi connectivity index (χ4v) is 2.65. The molecular weight excluding hydrogens is 220 g/mol. The van der Waals surface area contributed by atoms with E-state index < -0.39 is 23.8 Å². The molecule has 2 saturated heterocycles. The van der Waals surface area contributed by atoms with E-state index in [-0.39, 0.29) is 0 Å². The van der Waals surface area contributed by atoms with Crippen LogP contribution >= 0.6 is 0 Å². The van der Waals surface area contributed by atoms with Crippen molar-refractivity contribution in [1.82, 2.24) is 0 Å². The molecule has 2 heterocycles. The van der Waals surface area contributed by atoms with Gasteiger partial charge in [0.2, 0.25) is 0 Å². The van der Waals surface area contributed by atoms with Crippen molar-refractivity contribution in [2.24, 2.45) is 0 Å². The van der Waals surface area contributed by atoms with Crippen molar-refractivity contribution in [2.75, 3.05) is 6.61 Å². The van der Waals surface area contributed by atoms with Gasteiger partial charge in [-0.25, -0.2) is 0 Å². The molecule has 0 saturated carbocycles. The number of hydrogen-bond acceptors (Lipinski definition) is 4. The third-order valence-corrected chi connectivity index (χ3v) is 3.29. The fourth-order valence-electron chi connectivity index (χ4n) is 2.65. The number of ether oxygens (including phenoxy) is 3. The average molecular weight is 236 g/mol. The van der Waals surface area contributed by atoms with Crippen molar-refractivity contribution in [2.45, 2.75) is 37.6 Å². The van der Waals surface area contributed by atoms with Gasteiger partial charge < -0.3 is 19.3 Å². The van der Waals surface area contributed by atoms with Crippen LogP contribution in [-0.4, -0.2) is 29.9 Å². The Morgan fingerprint density at radius 1 is 1.24 bits per heavy atom. The van der Waals surface area contributed by atoms with Crippen LogP contribution in [0.1, 0.15) is 19.4 Å². The molecule has 0 aliphatic carbocycles. The van der Waals surface area contributed by atoms with E-state index in [1.807, 2.05) is 44.2 Å². The van der Waals surface area contributed by atoms with Crippen LogP contribution in [0, 0.1) is 0 Å². The van der Waals surface area contributed by atoms with Gasteiger partial charge in [0.05, 0.1) is 6.61 Å². The highest BCUT2D eigenvalue weighted by molar-refractivity contribution is 5.27. The molecule has 0 radical (unpaired) electrons. The summed E-state index contributed by atoms with van der Waals surface area (Å²) < 4.78 is 17.0. The van der Waals surface area contributed by atoms with Crippen molar-refractivity contribution >= 4 is 0 Å². The summed E-state index contributed by atoms with van der Waals surface area (Å²) in [5, 5.41) is 9.83. The zero-order chi connectivity index (χ0) is 12.1. The summed E-state index contributed by atoms with van der Waals surface area (Å²) in [5.41, 5.74) is 0.289. The number of aliphatic hydroxyl groups excluding tert-OH is 1. The first-order valence-electron chi connectivity index (χ1n) is 5.77. The highest BCUT2D eigenvalue weighted by Crippen LogP contribution is 2.48. The zero-order valence-electron chi connectivity index (χ0n) is 9.92. The van der Waals surface area contributed by atoms with E-state index in [9.17, 15) is 5.11 Å². The maximum atomic E-state index is 9.83. The maximum absolute atomic E-state index is 9.83. The standard InChI is InChI=1S/C13H16O4/c1-12(2)16-10-11(14)15-8-13(10,17-12)9-6-4-3-5-7-9/h3-7,10-11,14H,8H2,1-2H3. The minimum absolute atomic E-state index is 0.312. The molecule has 2 aliphatic heterocycles. The minimum Gasteiger partial charge on any atom is -0.366 e. The molecule has 0 spiro atoms. The Kier molecular flexibility index (Phi) is 2.32. The van der Waals surface area contributed by atoms with Crippen molar-refractivity contribution in [3.05, 3.63) is 35.9 Å². The molecule has 2 aliphatic rings. The van der Waals surface area contributed by atoms with Gasteiger partial charge in [-0.2, -0.15) is 0 Å². The second-order valence-electron chi connectivity index (χ2n) is 5.00. The molecule has 0 amide bonds. The Bertz CT molecular complexity index is 417. The third kappa shape index (κ3) is 1.60. The monoisotopic (exact) mass is 236 g/mol. The van der Waals surface area contributed by atoms with E-state index in [2.05, 4.69) is 0 Å². The molecule has 0 aromatic heterocycles. The molecule has 17 heavy (non-hydrogen) atoms. The first kappa shape index (κ1) is 11.2. The van der Waals surface area contributed by atoms with Gasteiger partial charge in [0.1, 0.15) is 6.10 Å². The lowest BCUT2D eigenvalue weighted by Gasteiger charge is -2.27. The topological polar surface area (TPSA) is 47.9 Å². The highest BCUT2D eigenvalue weighted by Gasteiger charge is 2.61. The predicted molar refractivity (Wildman–Crippen MR) is 60.1 cm³/mol. The van der Waals surface area contributed by atoms with Crippen LogP contribution in [-0.2, 0) is 19.8 Å². The first-order chi connectivity index (χ1) is 8.04. The molecule has 4 nitrogen and oxygen atoms in total. The lowest BCUT2D eigenvalue weighted by Crippen LogP contribution is -2.38. The Morgan fingerprint density at radius 2 is 1.94 bits per heavy atom. The van der Waals surface area contributed by atoms with Gasteiger partial charge in [0, 0.05) is 0 Å². The van der Waals surface area contributed by atoms with E-state index in [1.165, 1.54) is 0 Å². The van der Waals surface area contributed by atoms with Crippen LogP contribution in [0.5, 0.6) is 0 Å². The second kappa shape index (κ2) is 3.53. The minimum atomic E-state index is -0.933. The molecular formula is C13H16O4. The van der Waals surface area contributed by atoms with Crippen molar-refractivity contribution in [3.8, 4) is 0 Å². The second-order valence-corrected chi connectivity index (χ2v) is 5.00. The van der Waals surface area contributed by atoms with E-state index in [1.54, 1.807) is 0 Å². The molecule has 4 heteroatoms. The maximum Gasteiger partial charge on any atom is 0.184 e. The summed E-state index contributed by atoms with van der Waals surface area (Å²) in [6, 6.07) is 9.78. The molecule has 92 valence electrons. The van der Waals surface area contributed by atoms with E-state index >= 15 is 0 Å². The molecule has 3 unspecified atom stereocenters. The molecule has 3 atom stereocenters. The highest BCUT2D eigenvalue weighted by atomic mass is 16.8. The summed E-state index contributed by atoms with van der Waals surface area (Å²) >= 11 is 0. The van der Waals surface area contributed by atoms with E-state index in [4.69, 9.17) is 14.2 Å².